The molecule has 0 saturated heterocycles. The van der Waals surface area contributed by atoms with E-state index in [9.17, 15) is 5.11 Å². The summed E-state index contributed by atoms with van der Waals surface area (Å²) in [5.74, 6) is 0.369. The summed E-state index contributed by atoms with van der Waals surface area (Å²) in [6.07, 6.45) is 0. The highest BCUT2D eigenvalue weighted by atomic mass is 79.9. The first-order valence-electron chi connectivity index (χ1n) is 4.32. The van der Waals surface area contributed by atoms with Crippen molar-refractivity contribution < 1.29 is 5.11 Å². The molecule has 0 aromatic heterocycles. The van der Waals surface area contributed by atoms with E-state index in [4.69, 9.17) is 0 Å². The van der Waals surface area contributed by atoms with E-state index < -0.39 is 0 Å². The highest BCUT2D eigenvalue weighted by Crippen LogP contribution is 2.36. The number of aromatic hydroxyl groups is 1. The normalized spacial score (nSPS) is 11.8. The highest BCUT2D eigenvalue weighted by Gasteiger charge is 2.20. The number of rotatable bonds is 0. The van der Waals surface area contributed by atoms with Gasteiger partial charge < -0.3 is 5.11 Å². The molecule has 2 heteroatoms. The van der Waals surface area contributed by atoms with Crippen molar-refractivity contribution in [3.8, 4) is 5.75 Å². The lowest BCUT2D eigenvalue weighted by Gasteiger charge is -2.23. The zero-order chi connectivity index (χ0) is 10.2. The zero-order valence-corrected chi connectivity index (χ0v) is 10.1. The van der Waals surface area contributed by atoms with Gasteiger partial charge in [-0.25, -0.2) is 0 Å². The molecule has 1 aromatic rings. The summed E-state index contributed by atoms with van der Waals surface area (Å²) in [4.78, 5) is 0. The van der Waals surface area contributed by atoms with E-state index >= 15 is 0 Å². The van der Waals surface area contributed by atoms with Crippen LogP contribution in [0.1, 0.15) is 31.9 Å². The molecule has 0 atom stereocenters. The van der Waals surface area contributed by atoms with Gasteiger partial charge in [-0.15, -0.1) is 0 Å². The first kappa shape index (κ1) is 10.6. The van der Waals surface area contributed by atoms with Crippen LogP contribution in [0.5, 0.6) is 5.75 Å². The maximum Gasteiger partial charge on any atom is 0.118 e. The van der Waals surface area contributed by atoms with Gasteiger partial charge >= 0.3 is 0 Å². The third-order valence-electron chi connectivity index (χ3n) is 2.14. The molecule has 0 aliphatic carbocycles. The number of benzene rings is 1. The molecular weight excluding hydrogens is 228 g/mol. The standard InChI is InChI=1S/C11H15BrO/c1-7-9(13)6-5-8(12)10(7)11(2,3)4/h5-6,13H,1-4H3. The summed E-state index contributed by atoms with van der Waals surface area (Å²) >= 11 is 3.51. The first-order chi connectivity index (χ1) is 5.84. The Kier molecular flexibility index (Phi) is 2.71. The Balaban J connectivity index is 3.43. The van der Waals surface area contributed by atoms with Gasteiger partial charge in [0.1, 0.15) is 5.75 Å². The second-order valence-corrected chi connectivity index (χ2v) is 5.17. The van der Waals surface area contributed by atoms with E-state index in [-0.39, 0.29) is 5.41 Å². The van der Waals surface area contributed by atoms with Gasteiger partial charge in [0, 0.05) is 4.47 Å². The van der Waals surface area contributed by atoms with Crippen molar-refractivity contribution >= 4 is 15.9 Å². The van der Waals surface area contributed by atoms with Crippen LogP contribution in [0.25, 0.3) is 0 Å². The lowest BCUT2D eigenvalue weighted by molar-refractivity contribution is 0.465. The van der Waals surface area contributed by atoms with E-state index in [2.05, 4.69) is 36.7 Å². The molecule has 13 heavy (non-hydrogen) atoms. The van der Waals surface area contributed by atoms with Gasteiger partial charge in [0.25, 0.3) is 0 Å². The number of hydrogen-bond donors (Lipinski definition) is 1. The largest absolute Gasteiger partial charge is 0.508 e. The smallest absolute Gasteiger partial charge is 0.118 e. The lowest BCUT2D eigenvalue weighted by atomic mass is 9.84. The Morgan fingerprint density at radius 1 is 1.23 bits per heavy atom. The molecule has 0 spiro atoms. The van der Waals surface area contributed by atoms with E-state index in [1.807, 2.05) is 13.0 Å². The molecule has 72 valence electrons. The Bertz CT molecular complexity index is 324. The highest BCUT2D eigenvalue weighted by molar-refractivity contribution is 9.10. The zero-order valence-electron chi connectivity index (χ0n) is 8.48. The van der Waals surface area contributed by atoms with Crippen molar-refractivity contribution in [2.45, 2.75) is 33.1 Å². The van der Waals surface area contributed by atoms with Gasteiger partial charge in [-0.3, -0.25) is 0 Å². The van der Waals surface area contributed by atoms with Crippen LogP contribution in [0.2, 0.25) is 0 Å². The first-order valence-corrected chi connectivity index (χ1v) is 5.12. The van der Waals surface area contributed by atoms with Gasteiger partial charge in [-0.2, -0.15) is 0 Å². The van der Waals surface area contributed by atoms with Crippen LogP contribution >= 0.6 is 15.9 Å². The topological polar surface area (TPSA) is 20.2 Å². The molecule has 1 rings (SSSR count). The van der Waals surface area contributed by atoms with Crippen LogP contribution in [0.3, 0.4) is 0 Å². The molecular formula is C11H15BrO. The summed E-state index contributed by atoms with van der Waals surface area (Å²) in [7, 11) is 0. The SMILES string of the molecule is Cc1c(O)ccc(Br)c1C(C)(C)C. The molecule has 1 nitrogen and oxygen atoms in total. The minimum atomic E-state index is 0.0572. The second-order valence-electron chi connectivity index (χ2n) is 4.32. The minimum absolute atomic E-state index is 0.0572. The van der Waals surface area contributed by atoms with Crippen LogP contribution in [0.15, 0.2) is 16.6 Å². The predicted octanol–water partition coefficient (Wildman–Crippen LogP) is 3.76. The van der Waals surface area contributed by atoms with E-state index in [0.717, 1.165) is 10.0 Å². The van der Waals surface area contributed by atoms with E-state index in [1.54, 1.807) is 6.07 Å². The fraction of sp³-hybridized carbons (Fsp3) is 0.455. The number of phenolic OH excluding ortho intramolecular Hbond substituents is 1. The van der Waals surface area contributed by atoms with Gasteiger partial charge in [0.2, 0.25) is 0 Å². The monoisotopic (exact) mass is 242 g/mol. The van der Waals surface area contributed by atoms with E-state index in [0.29, 0.717) is 5.75 Å². The van der Waals surface area contributed by atoms with Crippen LogP contribution in [-0.2, 0) is 5.41 Å². The second kappa shape index (κ2) is 3.33. The number of halogens is 1. The molecule has 0 radical (unpaired) electrons. The molecule has 0 aliphatic heterocycles. The van der Waals surface area contributed by atoms with Crippen LogP contribution in [0.4, 0.5) is 0 Å². The molecule has 0 aliphatic rings. The van der Waals surface area contributed by atoms with Crippen molar-refractivity contribution in [1.82, 2.24) is 0 Å². The average Bonchev–Trinajstić information content (AvgIpc) is 1.95. The van der Waals surface area contributed by atoms with Crippen molar-refractivity contribution in [3.63, 3.8) is 0 Å². The Morgan fingerprint density at radius 2 is 1.77 bits per heavy atom. The van der Waals surface area contributed by atoms with Gasteiger partial charge in [-0.1, -0.05) is 36.7 Å². The summed E-state index contributed by atoms with van der Waals surface area (Å²) in [6, 6.07) is 3.61. The van der Waals surface area contributed by atoms with Crippen LogP contribution in [-0.4, -0.2) is 5.11 Å². The fourth-order valence-electron chi connectivity index (χ4n) is 1.59. The van der Waals surface area contributed by atoms with Crippen molar-refractivity contribution in [1.29, 1.82) is 0 Å². The minimum Gasteiger partial charge on any atom is -0.508 e. The predicted molar refractivity (Wildman–Crippen MR) is 59.2 cm³/mol. The number of phenols is 1. The molecule has 0 heterocycles. The molecule has 0 amide bonds. The van der Waals surface area contributed by atoms with Gasteiger partial charge in [-0.05, 0) is 35.6 Å². The van der Waals surface area contributed by atoms with Gasteiger partial charge in [0.15, 0.2) is 0 Å². The maximum absolute atomic E-state index is 9.57. The third kappa shape index (κ3) is 2.05. The van der Waals surface area contributed by atoms with Crippen LogP contribution < -0.4 is 0 Å². The third-order valence-corrected chi connectivity index (χ3v) is 2.80. The van der Waals surface area contributed by atoms with Crippen LogP contribution in [0, 0.1) is 6.92 Å². The Morgan fingerprint density at radius 3 is 2.15 bits per heavy atom. The Labute approximate surface area is 87.9 Å². The van der Waals surface area contributed by atoms with Crippen molar-refractivity contribution in [2.24, 2.45) is 0 Å². The van der Waals surface area contributed by atoms with Gasteiger partial charge in [0.05, 0.1) is 0 Å². The summed E-state index contributed by atoms with van der Waals surface area (Å²) in [5, 5.41) is 9.57. The van der Waals surface area contributed by atoms with Crippen molar-refractivity contribution in [2.75, 3.05) is 0 Å². The molecule has 1 aromatic carbocycles. The molecule has 0 fully saturated rings. The number of hydrogen-bond acceptors (Lipinski definition) is 1. The summed E-state index contributed by atoms with van der Waals surface area (Å²) in [5.41, 5.74) is 2.19. The summed E-state index contributed by atoms with van der Waals surface area (Å²) < 4.78 is 1.07. The molecule has 0 saturated carbocycles. The van der Waals surface area contributed by atoms with E-state index in [1.165, 1.54) is 5.56 Å². The molecule has 1 N–H and O–H groups in total. The fourth-order valence-corrected chi connectivity index (χ4v) is 2.61. The quantitative estimate of drug-likeness (QED) is 0.735. The Hall–Kier alpha value is -0.500. The molecule has 0 bridgehead atoms. The average molecular weight is 243 g/mol. The summed E-state index contributed by atoms with van der Waals surface area (Å²) in [6.45, 7) is 8.36. The van der Waals surface area contributed by atoms with Crippen molar-refractivity contribution in [3.05, 3.63) is 27.7 Å². The maximum atomic E-state index is 9.57. The lowest BCUT2D eigenvalue weighted by Crippen LogP contribution is -2.13. The molecule has 0 unspecified atom stereocenters.